The van der Waals surface area contributed by atoms with Crippen LogP contribution in [0.4, 0.5) is 0 Å². The van der Waals surface area contributed by atoms with Crippen LogP contribution in [0.1, 0.15) is 32.1 Å². The summed E-state index contributed by atoms with van der Waals surface area (Å²) in [6.07, 6.45) is -0.224. The van der Waals surface area contributed by atoms with Crippen LogP contribution in [0.2, 0.25) is 0 Å². The van der Waals surface area contributed by atoms with Crippen LogP contribution in [0.3, 0.4) is 0 Å². The lowest BCUT2D eigenvalue weighted by atomic mass is 9.92. The monoisotopic (exact) mass is 280 g/mol. The molecule has 6 heteroatoms. The third-order valence-corrected chi connectivity index (χ3v) is 3.70. The zero-order valence-corrected chi connectivity index (χ0v) is 11.4. The molecule has 1 fully saturated rings. The summed E-state index contributed by atoms with van der Waals surface area (Å²) >= 11 is 4.13. The molecule has 0 aromatic carbocycles. The second kappa shape index (κ2) is 8.35. The molecule has 0 aliphatic carbocycles. The molecule has 0 radical (unpaired) electrons. The topological polar surface area (TPSA) is 90.2 Å². The van der Waals surface area contributed by atoms with Crippen LogP contribution in [0.15, 0.2) is 0 Å². The van der Waals surface area contributed by atoms with E-state index in [1.165, 1.54) is 0 Å². The van der Waals surface area contributed by atoms with E-state index in [9.17, 15) is 15.3 Å². The summed E-state index contributed by atoms with van der Waals surface area (Å²) in [7, 11) is 0. The molecule has 0 saturated carbocycles. The van der Waals surface area contributed by atoms with Gasteiger partial charge in [0.2, 0.25) is 0 Å². The molecule has 108 valence electrons. The lowest BCUT2D eigenvalue weighted by Crippen LogP contribution is -2.58. The molecule has 18 heavy (non-hydrogen) atoms. The summed E-state index contributed by atoms with van der Waals surface area (Å²) in [6.45, 7) is -0.360. The summed E-state index contributed by atoms with van der Waals surface area (Å²) < 4.78 is 5.41. The highest BCUT2D eigenvalue weighted by Gasteiger charge is 2.42. The van der Waals surface area contributed by atoms with E-state index in [-0.39, 0.29) is 6.61 Å². The lowest BCUT2D eigenvalue weighted by molar-refractivity contribution is -0.230. The zero-order chi connectivity index (χ0) is 13.5. The quantitative estimate of drug-likeness (QED) is 0.327. The van der Waals surface area contributed by atoms with Crippen LogP contribution in [-0.2, 0) is 4.74 Å². The van der Waals surface area contributed by atoms with E-state index in [4.69, 9.17) is 9.84 Å². The molecule has 0 spiro atoms. The first-order valence-electron chi connectivity index (χ1n) is 6.53. The van der Waals surface area contributed by atoms with Gasteiger partial charge >= 0.3 is 0 Å². The van der Waals surface area contributed by atoms with Gasteiger partial charge in [0.05, 0.1) is 12.7 Å². The summed E-state index contributed by atoms with van der Waals surface area (Å²) in [4.78, 5) is 0. The minimum absolute atomic E-state index is 0.360. The summed E-state index contributed by atoms with van der Waals surface area (Å²) in [5.41, 5.74) is 0. The number of aliphatic hydroxyl groups is 4. The first-order valence-corrected chi connectivity index (χ1v) is 7.16. The van der Waals surface area contributed by atoms with E-state index in [0.717, 1.165) is 31.4 Å². The van der Waals surface area contributed by atoms with Gasteiger partial charge in [-0.05, 0) is 18.6 Å². The summed E-state index contributed by atoms with van der Waals surface area (Å²) in [5, 5.41) is 38.1. The standard InChI is InChI=1S/C12H24O5S/c13-7-9-11(15)12(16)10(14)8(17-9)5-3-1-2-4-6-18/h8-16,18H,1-7H2/t8-,9?,10?,11-,12?/m0/s1. The smallest absolute Gasteiger partial charge is 0.111 e. The van der Waals surface area contributed by atoms with Crippen LogP contribution >= 0.6 is 12.6 Å². The number of rotatable bonds is 7. The Kier molecular flexibility index (Phi) is 7.51. The van der Waals surface area contributed by atoms with Gasteiger partial charge in [0.15, 0.2) is 0 Å². The predicted octanol–water partition coefficient (Wildman–Crippen LogP) is -0.291. The molecule has 0 aromatic rings. The number of thiol groups is 1. The van der Waals surface area contributed by atoms with Crippen molar-refractivity contribution in [3.05, 3.63) is 0 Å². The van der Waals surface area contributed by atoms with Gasteiger partial charge in [-0.2, -0.15) is 12.6 Å². The lowest BCUT2D eigenvalue weighted by Gasteiger charge is -2.40. The van der Waals surface area contributed by atoms with E-state index < -0.39 is 30.5 Å². The molecular weight excluding hydrogens is 256 g/mol. The van der Waals surface area contributed by atoms with E-state index in [1.54, 1.807) is 0 Å². The van der Waals surface area contributed by atoms with Gasteiger partial charge < -0.3 is 25.2 Å². The molecule has 1 aliphatic rings. The molecule has 0 amide bonds. The fraction of sp³-hybridized carbons (Fsp3) is 1.00. The van der Waals surface area contributed by atoms with Crippen molar-refractivity contribution in [1.29, 1.82) is 0 Å². The van der Waals surface area contributed by atoms with Gasteiger partial charge in [-0.25, -0.2) is 0 Å². The Labute approximate surface area is 113 Å². The third-order valence-electron chi connectivity index (χ3n) is 3.39. The molecule has 1 aliphatic heterocycles. The van der Waals surface area contributed by atoms with Crippen molar-refractivity contribution < 1.29 is 25.2 Å². The van der Waals surface area contributed by atoms with E-state index >= 15 is 0 Å². The van der Waals surface area contributed by atoms with Crippen LogP contribution in [0.5, 0.6) is 0 Å². The molecular formula is C12H24O5S. The maximum absolute atomic E-state index is 9.80. The van der Waals surface area contributed by atoms with Gasteiger partial charge in [0, 0.05) is 0 Å². The molecule has 5 atom stereocenters. The van der Waals surface area contributed by atoms with E-state index in [0.29, 0.717) is 6.42 Å². The fourth-order valence-electron chi connectivity index (χ4n) is 2.23. The Balaban J connectivity index is 2.35. The first-order chi connectivity index (χ1) is 8.61. The van der Waals surface area contributed by atoms with E-state index in [2.05, 4.69) is 12.6 Å². The molecule has 1 saturated heterocycles. The maximum atomic E-state index is 9.80. The molecule has 0 aromatic heterocycles. The average molecular weight is 280 g/mol. The SMILES string of the molecule is OCC1O[C@@H](CCCCCCS)C(O)C(O)[C@H]1O. The van der Waals surface area contributed by atoms with Crippen LogP contribution in [0.25, 0.3) is 0 Å². The van der Waals surface area contributed by atoms with Crippen molar-refractivity contribution in [1.82, 2.24) is 0 Å². The molecule has 4 N–H and O–H groups in total. The molecule has 3 unspecified atom stereocenters. The Hall–Kier alpha value is 0.150. The van der Waals surface area contributed by atoms with Gasteiger partial charge in [-0.15, -0.1) is 0 Å². The summed E-state index contributed by atoms with van der Waals surface area (Å²) in [6, 6.07) is 0. The number of aliphatic hydroxyl groups excluding tert-OH is 4. The molecule has 1 heterocycles. The Bertz CT molecular complexity index is 227. The van der Waals surface area contributed by atoms with Crippen LogP contribution in [0, 0.1) is 0 Å². The predicted molar refractivity (Wildman–Crippen MR) is 70.7 cm³/mol. The number of ether oxygens (including phenoxy) is 1. The third kappa shape index (κ3) is 4.36. The normalized spacial score (nSPS) is 36.8. The van der Waals surface area contributed by atoms with Crippen molar-refractivity contribution in [3.8, 4) is 0 Å². The second-order valence-electron chi connectivity index (χ2n) is 4.79. The zero-order valence-electron chi connectivity index (χ0n) is 10.5. The largest absolute Gasteiger partial charge is 0.394 e. The van der Waals surface area contributed by atoms with Crippen molar-refractivity contribution in [3.63, 3.8) is 0 Å². The second-order valence-corrected chi connectivity index (χ2v) is 5.24. The molecule has 1 rings (SSSR count). The average Bonchev–Trinajstić information content (AvgIpc) is 2.38. The van der Waals surface area contributed by atoms with Crippen LogP contribution < -0.4 is 0 Å². The Morgan fingerprint density at radius 2 is 1.44 bits per heavy atom. The minimum atomic E-state index is -1.25. The maximum Gasteiger partial charge on any atom is 0.111 e. The van der Waals surface area contributed by atoms with Crippen LogP contribution in [-0.4, -0.2) is 63.3 Å². The van der Waals surface area contributed by atoms with Crippen molar-refractivity contribution >= 4 is 12.6 Å². The highest BCUT2D eigenvalue weighted by molar-refractivity contribution is 7.80. The Morgan fingerprint density at radius 1 is 0.833 bits per heavy atom. The molecule has 0 bridgehead atoms. The highest BCUT2D eigenvalue weighted by Crippen LogP contribution is 2.24. The number of hydrogen-bond donors (Lipinski definition) is 5. The number of hydrogen-bond acceptors (Lipinski definition) is 6. The first kappa shape index (κ1) is 16.2. The summed E-state index contributed by atoms with van der Waals surface area (Å²) in [5.74, 6) is 0.875. The van der Waals surface area contributed by atoms with Gasteiger partial charge in [-0.1, -0.05) is 19.3 Å². The van der Waals surface area contributed by atoms with E-state index in [1.807, 2.05) is 0 Å². The van der Waals surface area contributed by atoms with Gasteiger partial charge in [0.1, 0.15) is 24.4 Å². The fourth-order valence-corrected chi connectivity index (χ4v) is 2.45. The van der Waals surface area contributed by atoms with Gasteiger partial charge in [0.25, 0.3) is 0 Å². The van der Waals surface area contributed by atoms with Gasteiger partial charge in [-0.3, -0.25) is 0 Å². The Morgan fingerprint density at radius 3 is 2.06 bits per heavy atom. The minimum Gasteiger partial charge on any atom is -0.394 e. The van der Waals surface area contributed by atoms with Crippen molar-refractivity contribution in [2.45, 2.75) is 62.6 Å². The number of unbranched alkanes of at least 4 members (excludes halogenated alkanes) is 3. The van der Waals surface area contributed by atoms with Crippen molar-refractivity contribution in [2.75, 3.05) is 12.4 Å². The van der Waals surface area contributed by atoms with Crippen molar-refractivity contribution in [2.24, 2.45) is 0 Å². The highest BCUT2D eigenvalue weighted by atomic mass is 32.1. The molecule has 5 nitrogen and oxygen atoms in total.